The van der Waals surface area contributed by atoms with Gasteiger partial charge in [0.05, 0.1) is 29.8 Å². The first-order chi connectivity index (χ1) is 17.3. The molecule has 4 rings (SSSR count). The second-order valence-electron chi connectivity index (χ2n) is 8.24. The molecular formula is C23H28ClN7O5S. The second-order valence-corrected chi connectivity index (χ2v) is 9.93. The lowest BCUT2D eigenvalue weighted by atomic mass is 10.1. The van der Waals surface area contributed by atoms with Crippen molar-refractivity contribution >= 4 is 51.2 Å². The first kappa shape index (κ1) is 27.9. The van der Waals surface area contributed by atoms with Crippen LogP contribution in [-0.2, 0) is 19.6 Å². The highest BCUT2D eigenvalue weighted by Gasteiger charge is 2.41. The number of amides is 1. The number of aromatic amines is 1. The topological polar surface area (TPSA) is 167 Å². The molecule has 1 aliphatic heterocycles. The molecule has 3 aromatic rings. The zero-order chi connectivity index (χ0) is 25.6. The van der Waals surface area contributed by atoms with Crippen LogP contribution >= 0.6 is 12.4 Å². The van der Waals surface area contributed by atoms with Gasteiger partial charge in [-0.1, -0.05) is 18.2 Å². The zero-order valence-corrected chi connectivity index (χ0v) is 21.6. The molecule has 5 N–H and O–H groups in total. The summed E-state index contributed by atoms with van der Waals surface area (Å²) in [6.45, 7) is 3.20. The van der Waals surface area contributed by atoms with Gasteiger partial charge in [-0.2, -0.15) is 9.82 Å². The largest absolute Gasteiger partial charge is 0.463 e. The van der Waals surface area contributed by atoms with Crippen LogP contribution in [0.15, 0.2) is 64.6 Å². The van der Waals surface area contributed by atoms with Crippen molar-refractivity contribution < 1.29 is 22.7 Å². The molecule has 1 atom stereocenters. The van der Waals surface area contributed by atoms with Gasteiger partial charge in [0.15, 0.2) is 5.96 Å². The number of benzene rings is 2. The number of guanidine groups is 1. The number of fused-ring (bicyclic) bond motifs is 1. The van der Waals surface area contributed by atoms with Gasteiger partial charge in [-0.25, -0.2) is 13.2 Å². The molecule has 0 unspecified atom stereocenters. The van der Waals surface area contributed by atoms with Crippen LogP contribution in [0.3, 0.4) is 0 Å². The number of nitrogens with zero attached hydrogens (tertiary/aromatic N) is 2. The molecule has 0 radical (unpaired) electrons. The summed E-state index contributed by atoms with van der Waals surface area (Å²) in [4.78, 5) is 30.3. The van der Waals surface area contributed by atoms with E-state index in [1.807, 2.05) is 0 Å². The number of hydrogen-bond donors (Lipinski definition) is 5. The fourth-order valence-corrected chi connectivity index (χ4v) is 4.84. The molecule has 1 aromatic heterocycles. The number of rotatable bonds is 10. The molecule has 198 valence electrons. The third-order valence-corrected chi connectivity index (χ3v) is 6.96. The molecule has 0 saturated carbocycles. The van der Waals surface area contributed by atoms with Crippen molar-refractivity contribution in [2.45, 2.75) is 23.9 Å². The molecule has 1 aliphatic rings. The summed E-state index contributed by atoms with van der Waals surface area (Å²) in [7, 11) is -4.18. The van der Waals surface area contributed by atoms with E-state index in [2.05, 4.69) is 35.9 Å². The van der Waals surface area contributed by atoms with Crippen molar-refractivity contribution in [3.63, 3.8) is 0 Å². The first-order valence-corrected chi connectivity index (χ1v) is 12.8. The van der Waals surface area contributed by atoms with Crippen molar-refractivity contribution in [2.75, 3.05) is 26.2 Å². The van der Waals surface area contributed by atoms with Crippen LogP contribution in [0.2, 0.25) is 0 Å². The number of hydrogen-bond acceptors (Lipinski definition) is 9. The fraction of sp³-hybridized carbons (Fsp3) is 0.304. The number of carbonyl (C=O) groups is 2. The molecule has 0 bridgehead atoms. The Morgan fingerprint density at radius 1 is 1.16 bits per heavy atom. The molecule has 0 spiro atoms. The number of aliphatic imine (C=N–C) groups is 1. The van der Waals surface area contributed by atoms with Gasteiger partial charge in [0, 0.05) is 24.0 Å². The lowest BCUT2D eigenvalue weighted by Gasteiger charge is -2.29. The van der Waals surface area contributed by atoms with Crippen LogP contribution in [0.5, 0.6) is 0 Å². The van der Waals surface area contributed by atoms with Crippen LogP contribution in [0.25, 0.3) is 10.9 Å². The van der Waals surface area contributed by atoms with Gasteiger partial charge in [-0.3, -0.25) is 14.9 Å². The summed E-state index contributed by atoms with van der Waals surface area (Å²) in [5, 5.41) is 16.0. The third kappa shape index (κ3) is 6.96. The van der Waals surface area contributed by atoms with E-state index in [0.717, 1.165) is 12.1 Å². The van der Waals surface area contributed by atoms with E-state index in [-0.39, 0.29) is 29.5 Å². The molecule has 37 heavy (non-hydrogen) atoms. The maximum absolute atomic E-state index is 13.1. The van der Waals surface area contributed by atoms with Gasteiger partial charge in [0.2, 0.25) is 15.7 Å². The first-order valence-electron chi connectivity index (χ1n) is 11.3. The van der Waals surface area contributed by atoms with Gasteiger partial charge in [-0.15, -0.1) is 12.4 Å². The van der Waals surface area contributed by atoms with E-state index in [4.69, 9.17) is 4.74 Å². The van der Waals surface area contributed by atoms with E-state index in [1.165, 1.54) is 19.1 Å². The minimum atomic E-state index is -4.18. The predicted molar refractivity (Wildman–Crippen MR) is 140 cm³/mol. The molecule has 0 fully saturated rings. The Labute approximate surface area is 220 Å². The Morgan fingerprint density at radius 2 is 1.95 bits per heavy atom. The van der Waals surface area contributed by atoms with Crippen LogP contribution < -0.4 is 20.7 Å². The van der Waals surface area contributed by atoms with Gasteiger partial charge in [0.25, 0.3) is 5.91 Å². The molecular weight excluding hydrogens is 522 g/mol. The van der Waals surface area contributed by atoms with E-state index in [1.54, 1.807) is 42.6 Å². The number of sulfonamides is 1. The maximum atomic E-state index is 13.1. The van der Waals surface area contributed by atoms with Crippen LogP contribution in [0.1, 0.15) is 23.7 Å². The lowest BCUT2D eigenvalue weighted by molar-refractivity contribution is -0.151. The molecule has 0 aliphatic carbocycles. The fourth-order valence-electron chi connectivity index (χ4n) is 3.53. The Bertz CT molecular complexity index is 1380. The number of ether oxygens (including phenoxy) is 1. The summed E-state index contributed by atoms with van der Waals surface area (Å²) in [6.07, 6.45) is 2.00. The Morgan fingerprint density at radius 3 is 2.68 bits per heavy atom. The number of aromatic nitrogens is 2. The standard InChI is InChI=1S/C23H27N7O5S.ClH/c1-23(30-36(33,34)18-6-3-2-4-7-18,21(32)35-13-5-10-24-22-25-11-12-26-22)28-20(31)16-8-9-19-17(14-16)15-27-29-19;/h2-4,6-9,14-15,30H,5,10-13H2,1H3,(H,27,29)(H,28,31)(H2,24,25,26);1H/t23-;/m0./s1. The monoisotopic (exact) mass is 549 g/mol. The SMILES string of the molecule is C[C@](NC(=O)c1ccc2[nH]ncc2c1)(NS(=O)(=O)c1ccccc1)C(=O)OCCCNC1=NCCN1.Cl. The highest BCUT2D eigenvalue weighted by atomic mass is 35.5. The average Bonchev–Trinajstić information content (AvgIpc) is 3.55. The second kappa shape index (κ2) is 12.0. The number of H-pyrrole nitrogens is 1. The summed E-state index contributed by atoms with van der Waals surface area (Å²) in [6, 6.07) is 12.3. The summed E-state index contributed by atoms with van der Waals surface area (Å²) in [5.41, 5.74) is -1.14. The van der Waals surface area contributed by atoms with Crippen molar-refractivity contribution in [2.24, 2.45) is 4.99 Å². The van der Waals surface area contributed by atoms with E-state index < -0.39 is 27.6 Å². The smallest absolute Gasteiger partial charge is 0.347 e. The molecule has 2 heterocycles. The van der Waals surface area contributed by atoms with Gasteiger partial charge < -0.3 is 20.7 Å². The van der Waals surface area contributed by atoms with Crippen molar-refractivity contribution in [3.05, 3.63) is 60.3 Å². The van der Waals surface area contributed by atoms with Crippen LogP contribution in [0, 0.1) is 0 Å². The molecule has 0 saturated heterocycles. The van der Waals surface area contributed by atoms with E-state index in [9.17, 15) is 18.0 Å². The van der Waals surface area contributed by atoms with Gasteiger partial charge in [-0.05, 0) is 43.7 Å². The minimum absolute atomic E-state index is 0. The highest BCUT2D eigenvalue weighted by molar-refractivity contribution is 7.89. The maximum Gasteiger partial charge on any atom is 0.347 e. The number of esters is 1. The highest BCUT2D eigenvalue weighted by Crippen LogP contribution is 2.16. The zero-order valence-electron chi connectivity index (χ0n) is 20.0. The minimum Gasteiger partial charge on any atom is -0.463 e. The van der Waals surface area contributed by atoms with Gasteiger partial charge in [0.1, 0.15) is 0 Å². The molecule has 2 aromatic carbocycles. The van der Waals surface area contributed by atoms with Crippen molar-refractivity contribution in [1.29, 1.82) is 0 Å². The number of carbonyl (C=O) groups excluding carboxylic acids is 2. The Kier molecular flexibility index (Phi) is 9.08. The molecule has 12 nitrogen and oxygen atoms in total. The van der Waals surface area contributed by atoms with E-state index in [0.29, 0.717) is 30.9 Å². The lowest BCUT2D eigenvalue weighted by Crippen LogP contribution is -2.64. The summed E-state index contributed by atoms with van der Waals surface area (Å²) >= 11 is 0. The van der Waals surface area contributed by atoms with Crippen LogP contribution in [0.4, 0.5) is 0 Å². The van der Waals surface area contributed by atoms with Crippen LogP contribution in [-0.4, -0.2) is 68.4 Å². The van der Waals surface area contributed by atoms with E-state index >= 15 is 0 Å². The Hall–Kier alpha value is -3.68. The molecule has 14 heteroatoms. The summed E-state index contributed by atoms with van der Waals surface area (Å²) < 4.78 is 33.7. The van der Waals surface area contributed by atoms with Gasteiger partial charge >= 0.3 is 5.97 Å². The normalized spacial score (nSPS) is 14.6. The number of halogens is 1. The molecule has 1 amide bonds. The Balaban J connectivity index is 0.00000380. The summed E-state index contributed by atoms with van der Waals surface area (Å²) in [5.74, 6) is -0.931. The van der Waals surface area contributed by atoms with Crippen molar-refractivity contribution in [3.8, 4) is 0 Å². The average molecular weight is 550 g/mol. The quantitative estimate of drug-likeness (QED) is 0.141. The predicted octanol–water partition coefficient (Wildman–Crippen LogP) is 0.891. The number of nitrogens with one attached hydrogen (secondary N) is 5. The third-order valence-electron chi connectivity index (χ3n) is 5.39. The van der Waals surface area contributed by atoms with Crippen molar-refractivity contribution in [1.82, 2.24) is 30.9 Å².